The van der Waals surface area contributed by atoms with E-state index in [1.165, 1.54) is 34.1 Å². The van der Waals surface area contributed by atoms with Gasteiger partial charge in [-0.25, -0.2) is 9.80 Å². The van der Waals surface area contributed by atoms with Crippen molar-refractivity contribution in [2.24, 2.45) is 0 Å². The van der Waals surface area contributed by atoms with E-state index in [2.05, 4.69) is 12.1 Å². The minimum atomic E-state index is -0.318. The van der Waals surface area contributed by atoms with Crippen LogP contribution in [-0.4, -0.2) is 23.6 Å². The number of hydrogen-bond acceptors (Lipinski definition) is 4. The van der Waals surface area contributed by atoms with Crippen LogP contribution in [0.2, 0.25) is 0 Å². The lowest BCUT2D eigenvalue weighted by Crippen LogP contribution is -2.31. The van der Waals surface area contributed by atoms with Crippen molar-refractivity contribution in [3.63, 3.8) is 0 Å². The number of hydrogen-bond donors (Lipinski definition) is 0. The molecule has 6 nitrogen and oxygen atoms in total. The second kappa shape index (κ2) is 8.86. The van der Waals surface area contributed by atoms with E-state index in [9.17, 15) is 19.2 Å². The van der Waals surface area contributed by atoms with Gasteiger partial charge in [-0.05, 0) is 66.0 Å². The first-order valence-electron chi connectivity index (χ1n) is 11.5. The molecule has 174 valence electrons. The van der Waals surface area contributed by atoms with Gasteiger partial charge >= 0.3 is 0 Å². The topological polar surface area (TPSA) is 74.8 Å². The molecule has 34 heavy (non-hydrogen) atoms. The van der Waals surface area contributed by atoms with Crippen LogP contribution in [0, 0.1) is 13.8 Å². The first kappa shape index (κ1) is 23.4. The van der Waals surface area contributed by atoms with E-state index in [0.717, 1.165) is 33.4 Å². The highest BCUT2D eigenvalue weighted by Gasteiger charge is 2.30. The van der Waals surface area contributed by atoms with Gasteiger partial charge in [0.05, 0.1) is 11.4 Å². The highest BCUT2D eigenvalue weighted by Crippen LogP contribution is 2.36. The van der Waals surface area contributed by atoms with Crippen molar-refractivity contribution in [1.29, 1.82) is 0 Å². The molecule has 6 heteroatoms. The van der Waals surface area contributed by atoms with Crippen LogP contribution < -0.4 is 9.80 Å². The highest BCUT2D eigenvalue weighted by molar-refractivity contribution is 6.29. The summed E-state index contributed by atoms with van der Waals surface area (Å²) < 4.78 is 0. The molecule has 0 bridgehead atoms. The van der Waals surface area contributed by atoms with Crippen molar-refractivity contribution in [2.75, 3.05) is 9.80 Å². The summed E-state index contributed by atoms with van der Waals surface area (Å²) in [7, 11) is 0. The normalized spacial score (nSPS) is 15.6. The second-order valence-corrected chi connectivity index (χ2v) is 9.15. The summed E-state index contributed by atoms with van der Waals surface area (Å²) in [6, 6.07) is 8.16. The lowest BCUT2D eigenvalue weighted by Gasteiger charge is -2.24. The molecule has 0 aromatic heterocycles. The van der Waals surface area contributed by atoms with Crippen molar-refractivity contribution in [1.82, 2.24) is 0 Å². The Balaban J connectivity index is 1.73. The third-order valence-corrected chi connectivity index (χ3v) is 6.31. The molecule has 0 aliphatic carbocycles. The van der Waals surface area contributed by atoms with Crippen molar-refractivity contribution in [3.05, 3.63) is 82.0 Å². The molecule has 0 fully saturated rings. The average Bonchev–Trinajstić information content (AvgIpc) is 3.28. The molecule has 4 amide bonds. The van der Waals surface area contributed by atoms with Gasteiger partial charge in [-0.2, -0.15) is 0 Å². The molecule has 2 heterocycles. The number of aryl methyl sites for hydroxylation is 3. The highest BCUT2D eigenvalue weighted by atomic mass is 16.2. The molecule has 0 saturated carbocycles. The summed E-state index contributed by atoms with van der Waals surface area (Å²) in [5.41, 5.74) is 7.10. The van der Waals surface area contributed by atoms with Gasteiger partial charge in [-0.1, -0.05) is 45.0 Å². The molecule has 2 aliphatic rings. The van der Waals surface area contributed by atoms with E-state index >= 15 is 0 Å². The minimum Gasteiger partial charge on any atom is -0.269 e. The molecule has 2 aliphatic heterocycles. The number of amides is 4. The smallest absolute Gasteiger partial charge is 0.258 e. The largest absolute Gasteiger partial charge is 0.269 e. The average molecular weight is 457 g/mol. The fourth-order valence-electron chi connectivity index (χ4n) is 4.83. The number of imide groups is 2. The Bertz CT molecular complexity index is 1260. The summed E-state index contributed by atoms with van der Waals surface area (Å²) in [6.07, 6.45) is 6.55. The molecule has 2 aromatic rings. The first-order valence-corrected chi connectivity index (χ1v) is 11.5. The molecular weight excluding hydrogens is 428 g/mol. The van der Waals surface area contributed by atoms with Crippen LogP contribution in [-0.2, 0) is 32.0 Å². The van der Waals surface area contributed by atoms with Crippen LogP contribution in [0.25, 0.3) is 0 Å². The number of nitrogens with zero attached hydrogens (tertiary/aromatic N) is 2. The summed E-state index contributed by atoms with van der Waals surface area (Å²) in [6.45, 7) is 9.95. The number of anilines is 2. The molecule has 0 atom stereocenters. The zero-order valence-corrected chi connectivity index (χ0v) is 20.1. The van der Waals surface area contributed by atoms with Gasteiger partial charge in [-0.3, -0.25) is 19.2 Å². The fourth-order valence-corrected chi connectivity index (χ4v) is 4.83. The van der Waals surface area contributed by atoms with E-state index in [1.807, 2.05) is 46.8 Å². The van der Waals surface area contributed by atoms with Crippen LogP contribution in [0.15, 0.2) is 48.6 Å². The maximum absolute atomic E-state index is 12.3. The van der Waals surface area contributed by atoms with E-state index in [0.29, 0.717) is 24.2 Å². The van der Waals surface area contributed by atoms with Crippen molar-refractivity contribution in [2.45, 2.75) is 53.4 Å². The number of carbonyl (C=O) groups is 4. The lowest BCUT2D eigenvalue weighted by molar-refractivity contribution is -0.121. The van der Waals surface area contributed by atoms with E-state index in [-0.39, 0.29) is 29.5 Å². The zero-order chi connectivity index (χ0) is 24.7. The Hall–Kier alpha value is -3.80. The van der Waals surface area contributed by atoms with Crippen LogP contribution in [0.5, 0.6) is 0 Å². The molecule has 0 N–H and O–H groups in total. The van der Waals surface area contributed by atoms with Gasteiger partial charge in [-0.15, -0.1) is 0 Å². The van der Waals surface area contributed by atoms with Gasteiger partial charge in [0.1, 0.15) is 0 Å². The molecule has 4 rings (SSSR count). The zero-order valence-electron chi connectivity index (χ0n) is 20.1. The molecule has 0 unspecified atom stereocenters. The van der Waals surface area contributed by atoms with Gasteiger partial charge in [0, 0.05) is 24.3 Å². The van der Waals surface area contributed by atoms with Crippen LogP contribution in [0.1, 0.15) is 60.1 Å². The van der Waals surface area contributed by atoms with Crippen LogP contribution >= 0.6 is 0 Å². The molecular formula is C28H28N2O4. The van der Waals surface area contributed by atoms with E-state index in [4.69, 9.17) is 0 Å². The minimum absolute atomic E-state index is 0.116. The SMILES string of the molecule is CCc1cc(Cc2cc(C)c(N3C(=O)C=CC3=O)c(C(C)C)c2)cc(C)c1N1C(=O)C=CC1=O. The Labute approximate surface area is 199 Å². The Kier molecular flexibility index (Phi) is 6.09. The standard InChI is InChI=1S/C28H28N2O4/c1-6-21-14-19(11-17(4)27(21)29-23(31)7-8-24(29)32)13-20-12-18(5)28(22(15-20)16(2)3)30-25(33)9-10-26(30)34/h7-12,14-16H,6,13H2,1-5H3. The quantitative estimate of drug-likeness (QED) is 0.603. The lowest BCUT2D eigenvalue weighted by atomic mass is 9.91. The molecule has 0 radical (unpaired) electrons. The fraction of sp³-hybridized carbons (Fsp3) is 0.286. The summed E-state index contributed by atoms with van der Waals surface area (Å²) in [4.78, 5) is 51.7. The van der Waals surface area contributed by atoms with Crippen molar-refractivity contribution in [3.8, 4) is 0 Å². The second-order valence-electron chi connectivity index (χ2n) is 9.15. The van der Waals surface area contributed by atoms with Gasteiger partial charge < -0.3 is 0 Å². The predicted octanol–water partition coefficient (Wildman–Crippen LogP) is 4.44. The Morgan fingerprint density at radius 1 is 0.676 bits per heavy atom. The summed E-state index contributed by atoms with van der Waals surface area (Å²) in [5, 5.41) is 0. The number of carbonyl (C=O) groups excluding carboxylic acids is 4. The molecule has 2 aromatic carbocycles. The predicted molar refractivity (Wildman–Crippen MR) is 132 cm³/mol. The van der Waals surface area contributed by atoms with Crippen molar-refractivity contribution >= 4 is 35.0 Å². The third-order valence-electron chi connectivity index (χ3n) is 6.31. The van der Waals surface area contributed by atoms with E-state index in [1.54, 1.807) is 0 Å². The maximum Gasteiger partial charge on any atom is 0.258 e. The summed E-state index contributed by atoms with van der Waals surface area (Å²) in [5.74, 6) is -1.15. The van der Waals surface area contributed by atoms with Crippen LogP contribution in [0.4, 0.5) is 11.4 Å². The number of rotatable bonds is 6. The van der Waals surface area contributed by atoms with Gasteiger partial charge in [0.15, 0.2) is 0 Å². The third kappa shape index (κ3) is 4.00. The van der Waals surface area contributed by atoms with Crippen molar-refractivity contribution < 1.29 is 19.2 Å². The molecule has 0 saturated heterocycles. The number of benzene rings is 2. The first-order chi connectivity index (χ1) is 16.1. The van der Waals surface area contributed by atoms with Crippen LogP contribution in [0.3, 0.4) is 0 Å². The monoisotopic (exact) mass is 456 g/mol. The Morgan fingerprint density at radius 3 is 1.59 bits per heavy atom. The summed E-state index contributed by atoms with van der Waals surface area (Å²) >= 11 is 0. The van der Waals surface area contributed by atoms with Gasteiger partial charge in [0.2, 0.25) is 0 Å². The Morgan fingerprint density at radius 2 is 1.12 bits per heavy atom. The molecule has 0 spiro atoms. The maximum atomic E-state index is 12.3. The van der Waals surface area contributed by atoms with E-state index < -0.39 is 0 Å². The van der Waals surface area contributed by atoms with Gasteiger partial charge in [0.25, 0.3) is 23.6 Å².